The van der Waals surface area contributed by atoms with Crippen molar-refractivity contribution in [2.75, 3.05) is 7.05 Å². The second kappa shape index (κ2) is 5.46. The minimum atomic E-state index is 0.721. The molecule has 1 aliphatic rings. The fourth-order valence-electron chi connectivity index (χ4n) is 0.932. The van der Waals surface area contributed by atoms with Crippen LogP contribution >= 0.6 is 0 Å². The Morgan fingerprint density at radius 2 is 2.08 bits per heavy atom. The molecule has 2 nitrogen and oxygen atoms in total. The van der Waals surface area contributed by atoms with Gasteiger partial charge in [-0.05, 0) is 25.8 Å². The molecule has 1 fully saturated rings. The average Bonchev–Trinajstić information content (AvgIpc) is 2.94. The van der Waals surface area contributed by atoms with Crippen LogP contribution in [0.25, 0.3) is 0 Å². The summed E-state index contributed by atoms with van der Waals surface area (Å²) in [5.41, 5.74) is 1.12. The number of hydrogen-bond donors (Lipinski definition) is 2. The molecule has 72 valence electrons. The van der Waals surface area contributed by atoms with Crippen molar-refractivity contribution in [1.29, 1.82) is 0 Å². The molecule has 0 atom stereocenters. The van der Waals surface area contributed by atoms with Crippen LogP contribution < -0.4 is 10.6 Å². The zero-order valence-corrected chi connectivity index (χ0v) is 8.38. The topological polar surface area (TPSA) is 24.1 Å². The van der Waals surface area contributed by atoms with Crippen molar-refractivity contribution >= 4 is 0 Å². The summed E-state index contributed by atoms with van der Waals surface area (Å²) in [6.07, 6.45) is 12.8. The lowest BCUT2D eigenvalue weighted by Gasteiger charge is -2.01. The summed E-state index contributed by atoms with van der Waals surface area (Å²) in [4.78, 5) is 0. The summed E-state index contributed by atoms with van der Waals surface area (Å²) in [7, 11) is 1.93. The minimum Gasteiger partial charge on any atom is -0.387 e. The van der Waals surface area contributed by atoms with E-state index in [0.717, 1.165) is 11.7 Å². The van der Waals surface area contributed by atoms with E-state index in [9.17, 15) is 0 Å². The van der Waals surface area contributed by atoms with Gasteiger partial charge in [0.25, 0.3) is 0 Å². The van der Waals surface area contributed by atoms with Crippen molar-refractivity contribution in [1.82, 2.24) is 10.6 Å². The molecule has 0 aromatic heterocycles. The second-order valence-corrected chi connectivity index (χ2v) is 3.18. The number of nitrogens with one attached hydrogen (secondary N) is 2. The Balaban J connectivity index is 2.34. The van der Waals surface area contributed by atoms with Crippen LogP contribution in [0.1, 0.15) is 19.8 Å². The third-order valence-electron chi connectivity index (χ3n) is 1.92. The van der Waals surface area contributed by atoms with Gasteiger partial charge in [0.2, 0.25) is 0 Å². The van der Waals surface area contributed by atoms with Crippen molar-refractivity contribution in [3.05, 3.63) is 36.2 Å². The highest BCUT2D eigenvalue weighted by Gasteiger charge is 2.18. The first-order chi connectivity index (χ1) is 6.36. The average molecular weight is 178 g/mol. The highest BCUT2D eigenvalue weighted by molar-refractivity contribution is 5.20. The molecular formula is C11H18N2. The molecular weight excluding hydrogens is 160 g/mol. The van der Waals surface area contributed by atoms with E-state index in [1.807, 2.05) is 38.4 Å². The molecule has 0 spiro atoms. The quantitative estimate of drug-likeness (QED) is 0.629. The number of likely N-dealkylation sites (N-methyl/N-ethyl adjacent to an activating group) is 1. The summed E-state index contributed by atoms with van der Waals surface area (Å²) >= 11 is 0. The van der Waals surface area contributed by atoms with Gasteiger partial charge < -0.3 is 10.6 Å². The predicted molar refractivity (Wildman–Crippen MR) is 57.3 cm³/mol. The first-order valence-corrected chi connectivity index (χ1v) is 4.80. The van der Waals surface area contributed by atoms with Gasteiger partial charge in [0, 0.05) is 25.0 Å². The lowest BCUT2D eigenvalue weighted by Crippen LogP contribution is -2.13. The number of hydrogen-bond acceptors (Lipinski definition) is 2. The van der Waals surface area contributed by atoms with Crippen LogP contribution in [0.3, 0.4) is 0 Å². The van der Waals surface area contributed by atoms with Gasteiger partial charge in [-0.25, -0.2) is 0 Å². The van der Waals surface area contributed by atoms with Crippen molar-refractivity contribution in [3.8, 4) is 0 Å². The van der Waals surface area contributed by atoms with Crippen molar-refractivity contribution in [2.24, 2.45) is 0 Å². The molecule has 0 unspecified atom stereocenters. The van der Waals surface area contributed by atoms with E-state index in [1.165, 1.54) is 12.8 Å². The monoisotopic (exact) mass is 178 g/mol. The molecule has 2 N–H and O–H groups in total. The summed E-state index contributed by atoms with van der Waals surface area (Å²) in [5, 5.41) is 6.46. The normalized spacial score (nSPS) is 18.5. The fraction of sp³-hybridized carbons (Fsp3) is 0.455. The Bertz CT molecular complexity index is 222. The Hall–Kier alpha value is -1.18. The molecule has 1 aliphatic carbocycles. The standard InChI is InChI=1S/C11H18N2/c1-3-4-5-6-11(12-2)9-13-10-7-8-10/h3-6,9-10,12-13H,7-8H2,1-2H3/b4-3-,6-5-,11-9-. The van der Waals surface area contributed by atoms with Crippen LogP contribution in [0, 0.1) is 0 Å². The lowest BCUT2D eigenvalue weighted by atomic mass is 10.3. The van der Waals surface area contributed by atoms with Crippen molar-refractivity contribution < 1.29 is 0 Å². The van der Waals surface area contributed by atoms with E-state index in [2.05, 4.69) is 16.7 Å². The highest BCUT2D eigenvalue weighted by atomic mass is 15.0. The lowest BCUT2D eigenvalue weighted by molar-refractivity contribution is 0.840. The molecule has 0 amide bonds. The van der Waals surface area contributed by atoms with Gasteiger partial charge in [0.1, 0.15) is 0 Å². The Morgan fingerprint density at radius 1 is 1.31 bits per heavy atom. The molecule has 0 heterocycles. The second-order valence-electron chi connectivity index (χ2n) is 3.18. The molecule has 2 heteroatoms. The Labute approximate surface area is 80.4 Å². The summed E-state index contributed by atoms with van der Waals surface area (Å²) in [6.45, 7) is 2.01. The van der Waals surface area contributed by atoms with Gasteiger partial charge in [-0.1, -0.05) is 18.2 Å². The van der Waals surface area contributed by atoms with Gasteiger partial charge in [-0.3, -0.25) is 0 Å². The molecule has 13 heavy (non-hydrogen) atoms. The molecule has 1 saturated carbocycles. The molecule has 0 bridgehead atoms. The fourth-order valence-corrected chi connectivity index (χ4v) is 0.932. The van der Waals surface area contributed by atoms with Crippen LogP contribution in [0.5, 0.6) is 0 Å². The van der Waals surface area contributed by atoms with Gasteiger partial charge in [-0.15, -0.1) is 0 Å². The summed E-state index contributed by atoms with van der Waals surface area (Å²) in [5.74, 6) is 0. The van der Waals surface area contributed by atoms with Crippen LogP contribution in [0.2, 0.25) is 0 Å². The molecule has 1 rings (SSSR count). The first-order valence-electron chi connectivity index (χ1n) is 4.80. The van der Waals surface area contributed by atoms with E-state index in [1.54, 1.807) is 0 Å². The third kappa shape index (κ3) is 4.41. The summed E-state index contributed by atoms with van der Waals surface area (Å²) in [6, 6.07) is 0.721. The van der Waals surface area contributed by atoms with Crippen LogP contribution in [0.15, 0.2) is 36.2 Å². The predicted octanol–water partition coefficient (Wildman–Crippen LogP) is 1.93. The van der Waals surface area contributed by atoms with Gasteiger partial charge >= 0.3 is 0 Å². The zero-order chi connectivity index (χ0) is 9.52. The number of rotatable bonds is 5. The maximum absolute atomic E-state index is 3.33. The zero-order valence-electron chi connectivity index (χ0n) is 8.38. The van der Waals surface area contributed by atoms with Crippen LogP contribution in [0.4, 0.5) is 0 Å². The SMILES string of the molecule is C\C=C/C=C\C(=C\NC1CC1)NC. The van der Waals surface area contributed by atoms with Gasteiger partial charge in [0.15, 0.2) is 0 Å². The maximum atomic E-state index is 3.33. The smallest absolute Gasteiger partial charge is 0.0497 e. The Kier molecular flexibility index (Phi) is 4.16. The van der Waals surface area contributed by atoms with Crippen molar-refractivity contribution in [3.63, 3.8) is 0 Å². The van der Waals surface area contributed by atoms with E-state index in [4.69, 9.17) is 0 Å². The largest absolute Gasteiger partial charge is 0.387 e. The van der Waals surface area contributed by atoms with Crippen LogP contribution in [-0.4, -0.2) is 13.1 Å². The maximum Gasteiger partial charge on any atom is 0.0497 e. The minimum absolute atomic E-state index is 0.721. The third-order valence-corrected chi connectivity index (χ3v) is 1.92. The summed E-state index contributed by atoms with van der Waals surface area (Å²) < 4.78 is 0. The molecule has 0 radical (unpaired) electrons. The molecule has 0 aromatic rings. The highest BCUT2D eigenvalue weighted by Crippen LogP contribution is 2.18. The molecule has 0 aliphatic heterocycles. The molecule has 0 saturated heterocycles. The first kappa shape index (κ1) is 9.90. The van der Waals surface area contributed by atoms with E-state index in [-0.39, 0.29) is 0 Å². The van der Waals surface area contributed by atoms with E-state index < -0.39 is 0 Å². The van der Waals surface area contributed by atoms with E-state index in [0.29, 0.717) is 0 Å². The van der Waals surface area contributed by atoms with Gasteiger partial charge in [0.05, 0.1) is 0 Å². The van der Waals surface area contributed by atoms with Crippen molar-refractivity contribution in [2.45, 2.75) is 25.8 Å². The molecule has 0 aromatic carbocycles. The van der Waals surface area contributed by atoms with Crippen LogP contribution in [-0.2, 0) is 0 Å². The van der Waals surface area contributed by atoms with E-state index >= 15 is 0 Å². The number of allylic oxidation sites excluding steroid dienone is 4. The Morgan fingerprint density at radius 3 is 2.62 bits per heavy atom. The van der Waals surface area contributed by atoms with Gasteiger partial charge in [-0.2, -0.15) is 0 Å².